The van der Waals surface area contributed by atoms with Crippen molar-refractivity contribution >= 4 is 27.5 Å². The summed E-state index contributed by atoms with van der Waals surface area (Å²) in [7, 11) is -3.54. The van der Waals surface area contributed by atoms with Crippen LogP contribution in [0.25, 0.3) is 0 Å². The van der Waals surface area contributed by atoms with Crippen LogP contribution in [0.15, 0.2) is 23.1 Å². The highest BCUT2D eigenvalue weighted by Crippen LogP contribution is 2.29. The molecule has 1 amide bonds. The number of carbonyl (C=O) groups is 1. The van der Waals surface area contributed by atoms with Gasteiger partial charge in [0.2, 0.25) is 10.0 Å². The van der Waals surface area contributed by atoms with Crippen molar-refractivity contribution in [3.8, 4) is 5.75 Å². The van der Waals surface area contributed by atoms with E-state index in [0.29, 0.717) is 18.8 Å². The Morgan fingerprint density at radius 3 is 2.62 bits per heavy atom. The van der Waals surface area contributed by atoms with Gasteiger partial charge < -0.3 is 10.1 Å². The summed E-state index contributed by atoms with van der Waals surface area (Å²) in [6, 6.07) is 4.45. The Labute approximate surface area is 160 Å². The number of halogens is 1. The topological polar surface area (TPSA) is 75.7 Å². The Bertz CT molecular complexity index is 718. The van der Waals surface area contributed by atoms with Crippen molar-refractivity contribution in [3.63, 3.8) is 0 Å². The summed E-state index contributed by atoms with van der Waals surface area (Å²) in [6.07, 6.45) is 4.69. The molecule has 1 fully saturated rings. The van der Waals surface area contributed by atoms with E-state index in [0.717, 1.165) is 32.1 Å². The lowest BCUT2D eigenvalue weighted by Gasteiger charge is -2.26. The molecule has 1 aliphatic heterocycles. The monoisotopic (exact) mass is 402 g/mol. The molecule has 6 nitrogen and oxygen atoms in total. The van der Waals surface area contributed by atoms with Gasteiger partial charge in [-0.3, -0.25) is 4.79 Å². The van der Waals surface area contributed by atoms with Crippen LogP contribution in [0.4, 0.5) is 0 Å². The standard InChI is InChI=1S/C18H27ClN2O4S/c1-3-7-14(2)20-18(22)13-25-17-9-8-15(12-16(17)19)26(23,24)21-10-5-4-6-11-21/h8-9,12,14H,3-7,10-11,13H2,1-2H3,(H,20,22)/t14-/m1/s1. The second kappa shape index (κ2) is 9.58. The summed E-state index contributed by atoms with van der Waals surface area (Å²) in [5, 5.41) is 3.02. The minimum atomic E-state index is -3.54. The lowest BCUT2D eigenvalue weighted by Crippen LogP contribution is -2.36. The molecule has 1 saturated heterocycles. The molecule has 1 aromatic carbocycles. The molecule has 1 aliphatic rings. The molecular formula is C18H27ClN2O4S. The first kappa shape index (κ1) is 21.0. The number of amides is 1. The summed E-state index contributed by atoms with van der Waals surface area (Å²) in [4.78, 5) is 12.0. The highest BCUT2D eigenvalue weighted by atomic mass is 35.5. The predicted octanol–water partition coefficient (Wildman–Crippen LogP) is 3.20. The normalized spacial score (nSPS) is 16.9. The van der Waals surface area contributed by atoms with Gasteiger partial charge in [0, 0.05) is 19.1 Å². The molecule has 1 aromatic rings. The number of sulfonamides is 1. The third-order valence-corrected chi connectivity index (χ3v) is 6.53. The highest BCUT2D eigenvalue weighted by Gasteiger charge is 2.26. The van der Waals surface area contributed by atoms with Crippen LogP contribution in [0.2, 0.25) is 5.02 Å². The van der Waals surface area contributed by atoms with E-state index in [1.807, 2.05) is 6.92 Å². The molecule has 1 heterocycles. The van der Waals surface area contributed by atoms with Crippen molar-refractivity contribution in [1.82, 2.24) is 9.62 Å². The fourth-order valence-corrected chi connectivity index (χ4v) is 4.82. The molecule has 1 N–H and O–H groups in total. The molecule has 146 valence electrons. The first-order valence-electron chi connectivity index (χ1n) is 9.06. The molecule has 0 radical (unpaired) electrons. The maximum atomic E-state index is 12.7. The Kier molecular flexibility index (Phi) is 7.73. The van der Waals surface area contributed by atoms with E-state index in [4.69, 9.17) is 16.3 Å². The van der Waals surface area contributed by atoms with Crippen molar-refractivity contribution in [2.75, 3.05) is 19.7 Å². The molecule has 0 saturated carbocycles. The number of nitrogens with zero attached hydrogens (tertiary/aromatic N) is 1. The summed E-state index contributed by atoms with van der Waals surface area (Å²) in [6.45, 7) is 4.90. The molecule has 8 heteroatoms. The van der Waals surface area contributed by atoms with Gasteiger partial charge in [0.1, 0.15) is 5.75 Å². The lowest BCUT2D eigenvalue weighted by atomic mass is 10.2. The minimum absolute atomic E-state index is 0.0867. The van der Waals surface area contributed by atoms with E-state index in [-0.39, 0.29) is 28.5 Å². The summed E-state index contributed by atoms with van der Waals surface area (Å²) < 4.78 is 32.3. The van der Waals surface area contributed by atoms with Gasteiger partial charge in [0.05, 0.1) is 9.92 Å². The average molecular weight is 403 g/mol. The maximum Gasteiger partial charge on any atom is 0.258 e. The fraction of sp³-hybridized carbons (Fsp3) is 0.611. The van der Waals surface area contributed by atoms with Gasteiger partial charge in [0.15, 0.2) is 6.61 Å². The number of benzene rings is 1. The highest BCUT2D eigenvalue weighted by molar-refractivity contribution is 7.89. The Morgan fingerprint density at radius 1 is 1.31 bits per heavy atom. The number of piperidine rings is 1. The zero-order valence-corrected chi connectivity index (χ0v) is 16.9. The van der Waals surface area contributed by atoms with E-state index < -0.39 is 10.0 Å². The zero-order chi connectivity index (χ0) is 19.2. The first-order valence-corrected chi connectivity index (χ1v) is 10.9. The lowest BCUT2D eigenvalue weighted by molar-refractivity contribution is -0.123. The Hall–Kier alpha value is -1.31. The van der Waals surface area contributed by atoms with E-state index in [9.17, 15) is 13.2 Å². The van der Waals surface area contributed by atoms with Crippen LogP contribution < -0.4 is 10.1 Å². The van der Waals surface area contributed by atoms with Crippen LogP contribution in [0.5, 0.6) is 5.75 Å². The van der Waals surface area contributed by atoms with Crippen LogP contribution in [0, 0.1) is 0 Å². The number of ether oxygens (including phenoxy) is 1. The van der Waals surface area contributed by atoms with Crippen LogP contribution in [-0.4, -0.2) is 44.4 Å². The van der Waals surface area contributed by atoms with Gasteiger partial charge >= 0.3 is 0 Å². The van der Waals surface area contributed by atoms with Crippen molar-refractivity contribution in [2.45, 2.75) is 56.9 Å². The second-order valence-corrected chi connectivity index (χ2v) is 8.95. The molecule has 0 spiro atoms. The van der Waals surface area contributed by atoms with Crippen molar-refractivity contribution in [2.24, 2.45) is 0 Å². The van der Waals surface area contributed by atoms with Crippen LogP contribution in [-0.2, 0) is 14.8 Å². The minimum Gasteiger partial charge on any atom is -0.482 e. The van der Waals surface area contributed by atoms with Gasteiger partial charge in [-0.1, -0.05) is 31.4 Å². The Morgan fingerprint density at radius 2 is 2.00 bits per heavy atom. The van der Waals surface area contributed by atoms with Crippen LogP contribution in [0.3, 0.4) is 0 Å². The van der Waals surface area contributed by atoms with Crippen LogP contribution in [0.1, 0.15) is 46.0 Å². The molecule has 0 unspecified atom stereocenters. The van der Waals surface area contributed by atoms with Gasteiger partial charge in [-0.2, -0.15) is 4.31 Å². The number of carbonyl (C=O) groups excluding carboxylic acids is 1. The summed E-state index contributed by atoms with van der Waals surface area (Å²) in [5.41, 5.74) is 0. The molecule has 0 aromatic heterocycles. The van der Waals surface area contributed by atoms with E-state index >= 15 is 0 Å². The molecule has 0 aliphatic carbocycles. The van der Waals surface area contributed by atoms with Crippen molar-refractivity contribution in [3.05, 3.63) is 23.2 Å². The van der Waals surface area contributed by atoms with Crippen molar-refractivity contribution in [1.29, 1.82) is 0 Å². The summed E-state index contributed by atoms with van der Waals surface area (Å²) >= 11 is 6.17. The maximum absolute atomic E-state index is 12.7. The number of hydrogen-bond donors (Lipinski definition) is 1. The third kappa shape index (κ3) is 5.59. The quantitative estimate of drug-likeness (QED) is 0.724. The largest absolute Gasteiger partial charge is 0.482 e. The van der Waals surface area contributed by atoms with Crippen LogP contribution >= 0.6 is 11.6 Å². The molecule has 2 rings (SSSR count). The van der Waals surface area contributed by atoms with Gasteiger partial charge in [-0.05, 0) is 44.4 Å². The molecule has 0 bridgehead atoms. The smallest absolute Gasteiger partial charge is 0.258 e. The van der Waals surface area contributed by atoms with E-state index in [1.54, 1.807) is 0 Å². The Balaban J connectivity index is 1.99. The van der Waals surface area contributed by atoms with Gasteiger partial charge in [-0.25, -0.2) is 8.42 Å². The second-order valence-electron chi connectivity index (χ2n) is 6.60. The zero-order valence-electron chi connectivity index (χ0n) is 15.3. The number of nitrogens with one attached hydrogen (secondary N) is 1. The van der Waals surface area contributed by atoms with Gasteiger partial charge in [0.25, 0.3) is 5.91 Å². The molecular weight excluding hydrogens is 376 g/mol. The first-order chi connectivity index (χ1) is 12.3. The predicted molar refractivity (Wildman–Crippen MR) is 102 cm³/mol. The van der Waals surface area contributed by atoms with Gasteiger partial charge in [-0.15, -0.1) is 0 Å². The molecule has 26 heavy (non-hydrogen) atoms. The number of hydrogen-bond acceptors (Lipinski definition) is 4. The number of rotatable bonds is 8. The summed E-state index contributed by atoms with van der Waals surface area (Å²) in [5.74, 6) is 0.0644. The third-order valence-electron chi connectivity index (χ3n) is 4.34. The SMILES string of the molecule is CCC[C@@H](C)NC(=O)COc1ccc(S(=O)(=O)N2CCCCC2)cc1Cl. The fourth-order valence-electron chi connectivity index (χ4n) is 2.98. The van der Waals surface area contributed by atoms with Crippen molar-refractivity contribution < 1.29 is 17.9 Å². The van der Waals surface area contributed by atoms with E-state index in [1.165, 1.54) is 22.5 Å². The van der Waals surface area contributed by atoms with E-state index in [2.05, 4.69) is 12.2 Å². The molecule has 1 atom stereocenters. The average Bonchev–Trinajstić information content (AvgIpc) is 2.61.